The van der Waals surface area contributed by atoms with Gasteiger partial charge in [-0.3, -0.25) is 9.69 Å². The molecule has 0 saturated carbocycles. The molecule has 0 unspecified atom stereocenters. The highest BCUT2D eigenvalue weighted by Crippen LogP contribution is 2.37. The zero-order valence-electron chi connectivity index (χ0n) is 16.6. The fourth-order valence-corrected chi connectivity index (χ4v) is 4.14. The Balaban J connectivity index is 1.88. The molecule has 1 N–H and O–H groups in total. The van der Waals surface area contributed by atoms with Crippen molar-refractivity contribution in [2.75, 3.05) is 25.5 Å². The first-order valence-electron chi connectivity index (χ1n) is 9.33. The lowest BCUT2D eigenvalue weighted by Crippen LogP contribution is -2.44. The number of ether oxygens (including phenoxy) is 1. The van der Waals surface area contributed by atoms with Gasteiger partial charge in [0.05, 0.1) is 11.1 Å². The van der Waals surface area contributed by atoms with E-state index in [0.29, 0.717) is 12.2 Å². The number of halogens is 1. The van der Waals surface area contributed by atoms with Crippen molar-refractivity contribution in [3.8, 4) is 5.75 Å². The van der Waals surface area contributed by atoms with E-state index in [-0.39, 0.29) is 11.4 Å². The maximum absolute atomic E-state index is 12.8. The minimum absolute atomic E-state index is 0.0543. The molecular formula is C22H27BrN2O2. The molecule has 1 aliphatic rings. The highest BCUT2D eigenvalue weighted by atomic mass is 79.9. The summed E-state index contributed by atoms with van der Waals surface area (Å²) in [6.07, 6.45) is 1.04. The molecule has 3 rings (SSSR count). The van der Waals surface area contributed by atoms with Crippen LogP contribution in [0.15, 0.2) is 34.8 Å². The lowest BCUT2D eigenvalue weighted by atomic mass is 9.81. The van der Waals surface area contributed by atoms with Gasteiger partial charge in [0.1, 0.15) is 5.75 Å². The third-order valence-electron chi connectivity index (χ3n) is 5.54. The fraction of sp³-hybridized carbons (Fsp3) is 0.409. The Morgan fingerprint density at radius 1 is 1.30 bits per heavy atom. The first-order valence-corrected chi connectivity index (χ1v) is 10.1. The van der Waals surface area contributed by atoms with Gasteiger partial charge in [-0.1, -0.05) is 0 Å². The zero-order chi connectivity index (χ0) is 19.8. The topological polar surface area (TPSA) is 41.6 Å². The summed E-state index contributed by atoms with van der Waals surface area (Å²) in [6, 6.07) is 9.59. The molecule has 0 aromatic heterocycles. The van der Waals surface area contributed by atoms with Crippen LogP contribution in [0.25, 0.3) is 0 Å². The summed E-state index contributed by atoms with van der Waals surface area (Å²) in [5.41, 5.74) is 5.30. The van der Waals surface area contributed by atoms with E-state index < -0.39 is 0 Å². The lowest BCUT2D eigenvalue weighted by Gasteiger charge is -2.42. The Morgan fingerprint density at radius 2 is 2.04 bits per heavy atom. The third-order valence-corrected chi connectivity index (χ3v) is 6.16. The fourth-order valence-electron chi connectivity index (χ4n) is 3.65. The average molecular weight is 431 g/mol. The van der Waals surface area contributed by atoms with Crippen molar-refractivity contribution in [2.45, 2.75) is 39.7 Å². The summed E-state index contributed by atoms with van der Waals surface area (Å²) in [5.74, 6) is 0.614. The predicted octanol–water partition coefficient (Wildman–Crippen LogP) is 5.13. The van der Waals surface area contributed by atoms with Crippen LogP contribution in [0.2, 0.25) is 0 Å². The number of carbonyl (C=O) groups is 1. The normalized spacial score (nSPS) is 15.9. The van der Waals surface area contributed by atoms with Crippen LogP contribution >= 0.6 is 15.9 Å². The third kappa shape index (κ3) is 3.90. The minimum atomic E-state index is -0.125. The molecule has 0 bridgehead atoms. The number of likely N-dealkylation sites (N-methyl/N-ethyl adjacent to an activating group) is 1. The van der Waals surface area contributed by atoms with Crippen LogP contribution in [0, 0.1) is 6.92 Å². The van der Waals surface area contributed by atoms with Gasteiger partial charge in [0.25, 0.3) is 5.91 Å². The summed E-state index contributed by atoms with van der Waals surface area (Å²) in [5, 5.41) is 3.06. The van der Waals surface area contributed by atoms with Gasteiger partial charge < -0.3 is 10.1 Å². The lowest BCUT2D eigenvalue weighted by molar-refractivity contribution is 0.102. The van der Waals surface area contributed by atoms with Crippen molar-refractivity contribution in [1.29, 1.82) is 0 Å². The monoisotopic (exact) mass is 430 g/mol. The van der Waals surface area contributed by atoms with Crippen LogP contribution in [-0.2, 0) is 12.0 Å². The number of rotatable bonds is 4. The summed E-state index contributed by atoms with van der Waals surface area (Å²) < 4.78 is 6.30. The Labute approximate surface area is 170 Å². The van der Waals surface area contributed by atoms with Gasteiger partial charge in [0.15, 0.2) is 0 Å². The molecule has 2 aromatic carbocycles. The van der Waals surface area contributed by atoms with Crippen molar-refractivity contribution in [3.05, 3.63) is 57.1 Å². The largest absolute Gasteiger partial charge is 0.493 e. The maximum atomic E-state index is 12.8. The van der Waals surface area contributed by atoms with Crippen molar-refractivity contribution < 1.29 is 9.53 Å². The smallest absolute Gasteiger partial charge is 0.255 e. The Hall–Kier alpha value is -1.85. The molecule has 4 nitrogen and oxygen atoms in total. The van der Waals surface area contributed by atoms with Crippen molar-refractivity contribution in [1.82, 2.24) is 4.90 Å². The molecule has 27 heavy (non-hydrogen) atoms. The van der Waals surface area contributed by atoms with Crippen LogP contribution in [0.3, 0.4) is 0 Å². The molecule has 1 amide bonds. The highest BCUT2D eigenvalue weighted by Gasteiger charge is 2.33. The molecule has 0 spiro atoms. The molecule has 0 aliphatic carbocycles. The van der Waals surface area contributed by atoms with Gasteiger partial charge in [0, 0.05) is 23.3 Å². The molecule has 0 atom stereocenters. The molecule has 0 fully saturated rings. The molecule has 144 valence electrons. The van der Waals surface area contributed by atoms with E-state index in [2.05, 4.69) is 66.1 Å². The van der Waals surface area contributed by atoms with Crippen molar-refractivity contribution in [2.24, 2.45) is 0 Å². The van der Waals surface area contributed by atoms with Crippen LogP contribution in [-0.4, -0.2) is 31.0 Å². The quantitative estimate of drug-likeness (QED) is 0.730. The maximum Gasteiger partial charge on any atom is 0.255 e. The minimum Gasteiger partial charge on any atom is -0.493 e. The second-order valence-electron chi connectivity index (χ2n) is 7.58. The number of benzene rings is 2. The number of amides is 1. The van der Waals surface area contributed by atoms with Gasteiger partial charge in [-0.25, -0.2) is 0 Å². The Morgan fingerprint density at radius 3 is 2.70 bits per heavy atom. The molecule has 5 heteroatoms. The number of fused-ring (bicyclic) bond motifs is 1. The molecule has 2 aromatic rings. The van der Waals surface area contributed by atoms with Gasteiger partial charge in [-0.05, 0) is 104 Å². The van der Waals surface area contributed by atoms with Gasteiger partial charge >= 0.3 is 0 Å². The number of nitrogens with one attached hydrogen (secondary N) is 1. The van der Waals surface area contributed by atoms with Crippen LogP contribution in [0.4, 0.5) is 5.69 Å². The predicted molar refractivity (Wildman–Crippen MR) is 114 cm³/mol. The molecule has 1 heterocycles. The van der Waals surface area contributed by atoms with Crippen LogP contribution < -0.4 is 10.1 Å². The highest BCUT2D eigenvalue weighted by molar-refractivity contribution is 9.10. The SMILES string of the molecule is CCOc1ccc(C(=O)Nc2cc(C)c3c(c2)C(C)(C)N(C)CC3)cc1Br. The summed E-state index contributed by atoms with van der Waals surface area (Å²) in [7, 11) is 2.15. The second-order valence-corrected chi connectivity index (χ2v) is 8.44. The average Bonchev–Trinajstić information content (AvgIpc) is 2.60. The standard InChI is InChI=1S/C22H27BrN2O2/c1-6-27-20-8-7-15(12-19(20)23)21(26)24-16-11-14(2)17-9-10-25(5)22(3,4)18(17)13-16/h7-8,11-13H,6,9-10H2,1-5H3,(H,24,26). The van der Waals surface area contributed by atoms with Gasteiger partial charge in [-0.15, -0.1) is 0 Å². The summed E-state index contributed by atoms with van der Waals surface area (Å²) >= 11 is 3.47. The zero-order valence-corrected chi connectivity index (χ0v) is 18.2. The first kappa shape index (κ1) is 19.9. The molecule has 1 aliphatic heterocycles. The second kappa shape index (κ2) is 7.64. The first-order chi connectivity index (χ1) is 12.7. The number of hydrogen-bond donors (Lipinski definition) is 1. The summed E-state index contributed by atoms with van der Waals surface area (Å²) in [6.45, 7) is 10.2. The number of nitrogens with zero attached hydrogens (tertiary/aromatic N) is 1. The summed E-state index contributed by atoms with van der Waals surface area (Å²) in [4.78, 5) is 15.1. The van der Waals surface area contributed by atoms with E-state index in [1.54, 1.807) is 12.1 Å². The van der Waals surface area contributed by atoms with Gasteiger partial charge in [0.2, 0.25) is 0 Å². The number of hydrogen-bond acceptors (Lipinski definition) is 3. The van der Waals surface area contributed by atoms with E-state index in [4.69, 9.17) is 4.74 Å². The van der Waals surface area contributed by atoms with E-state index in [0.717, 1.165) is 28.9 Å². The number of carbonyl (C=O) groups excluding carboxylic acids is 1. The van der Waals surface area contributed by atoms with Gasteiger partial charge in [-0.2, -0.15) is 0 Å². The van der Waals surface area contributed by atoms with Crippen LogP contribution in [0.1, 0.15) is 47.8 Å². The van der Waals surface area contributed by atoms with E-state index in [1.807, 2.05) is 13.0 Å². The Bertz CT molecular complexity index is 877. The Kier molecular flexibility index (Phi) is 5.63. The van der Waals surface area contributed by atoms with E-state index in [9.17, 15) is 4.79 Å². The van der Waals surface area contributed by atoms with Crippen molar-refractivity contribution >= 4 is 27.5 Å². The van der Waals surface area contributed by atoms with E-state index in [1.165, 1.54) is 16.7 Å². The van der Waals surface area contributed by atoms with Crippen LogP contribution in [0.5, 0.6) is 5.75 Å². The van der Waals surface area contributed by atoms with Crippen molar-refractivity contribution in [3.63, 3.8) is 0 Å². The number of anilines is 1. The molecular weight excluding hydrogens is 404 g/mol. The molecule has 0 radical (unpaired) electrons. The van der Waals surface area contributed by atoms with E-state index >= 15 is 0 Å². The number of aryl methyl sites for hydroxylation is 1. The molecule has 0 saturated heterocycles.